The third-order valence-electron chi connectivity index (χ3n) is 11.5. The van der Waals surface area contributed by atoms with E-state index in [0.29, 0.717) is 5.95 Å². The molecule has 0 aliphatic heterocycles. The molecule has 3 heterocycles. The molecule has 3 aromatic heterocycles. The number of hydrogen-bond acceptors (Lipinski definition) is 2. The van der Waals surface area contributed by atoms with Crippen LogP contribution in [0.4, 0.5) is 0 Å². The van der Waals surface area contributed by atoms with Gasteiger partial charge in [0, 0.05) is 38.2 Å². The minimum Gasteiger partial charge on any atom is -0.309 e. The van der Waals surface area contributed by atoms with Gasteiger partial charge in [-0.1, -0.05) is 133 Å². The molecule has 4 nitrogen and oxygen atoms in total. The molecule has 0 saturated heterocycles. The van der Waals surface area contributed by atoms with Crippen LogP contribution >= 0.6 is 0 Å². The molecular weight excluding hydrogens is 681 g/mol. The van der Waals surface area contributed by atoms with Crippen LogP contribution in [-0.2, 0) is 0 Å². The van der Waals surface area contributed by atoms with Crippen LogP contribution in [-0.4, -0.2) is 19.1 Å². The molecule has 0 unspecified atom stereocenters. The minimum atomic E-state index is 0.657. The van der Waals surface area contributed by atoms with Crippen LogP contribution < -0.4 is 0 Å². The lowest BCUT2D eigenvalue weighted by atomic mass is 9.99. The van der Waals surface area contributed by atoms with Crippen LogP contribution in [0.1, 0.15) is 0 Å². The van der Waals surface area contributed by atoms with Crippen LogP contribution in [0.15, 0.2) is 194 Å². The highest BCUT2D eigenvalue weighted by Gasteiger charge is 2.20. The predicted octanol–water partition coefficient (Wildman–Crippen LogP) is 13.5. The van der Waals surface area contributed by atoms with E-state index in [1.54, 1.807) is 0 Å². The van der Waals surface area contributed by atoms with Crippen molar-refractivity contribution in [2.24, 2.45) is 0 Å². The SMILES string of the molecule is c1ccc(-n2c3ccccc3c3cc(-c4ccc5c(c4)c4c6ccccc6ccc4n5-c4nc(-c5ccc6ccccc6c5)c5ccccc5n4)ccc32)cc1. The summed E-state index contributed by atoms with van der Waals surface area (Å²) in [6.45, 7) is 0. The van der Waals surface area contributed by atoms with Gasteiger partial charge in [0.05, 0.1) is 33.3 Å². The Morgan fingerprint density at radius 1 is 0.321 bits per heavy atom. The first-order chi connectivity index (χ1) is 27.8. The van der Waals surface area contributed by atoms with E-state index in [0.717, 1.165) is 38.9 Å². The van der Waals surface area contributed by atoms with Gasteiger partial charge in [-0.25, -0.2) is 9.97 Å². The van der Waals surface area contributed by atoms with E-state index < -0.39 is 0 Å². The van der Waals surface area contributed by atoms with Gasteiger partial charge >= 0.3 is 0 Å². The van der Waals surface area contributed by atoms with Crippen molar-refractivity contribution in [2.75, 3.05) is 0 Å². The summed E-state index contributed by atoms with van der Waals surface area (Å²) in [5.41, 5.74) is 11.0. The molecule has 0 N–H and O–H groups in total. The van der Waals surface area contributed by atoms with E-state index in [1.165, 1.54) is 65.3 Å². The lowest BCUT2D eigenvalue weighted by Crippen LogP contribution is -2.03. The third-order valence-corrected chi connectivity index (χ3v) is 11.5. The average molecular weight is 713 g/mol. The van der Waals surface area contributed by atoms with Crippen molar-refractivity contribution in [3.8, 4) is 34.0 Å². The molecule has 12 rings (SSSR count). The number of nitrogens with zero attached hydrogens (tertiary/aromatic N) is 4. The summed E-state index contributed by atoms with van der Waals surface area (Å²) in [4.78, 5) is 10.7. The van der Waals surface area contributed by atoms with Gasteiger partial charge < -0.3 is 4.57 Å². The van der Waals surface area contributed by atoms with E-state index in [1.807, 2.05) is 0 Å². The molecule has 0 atom stereocenters. The molecule has 9 aromatic carbocycles. The second-order valence-electron chi connectivity index (χ2n) is 14.6. The van der Waals surface area contributed by atoms with Crippen molar-refractivity contribution >= 4 is 76.1 Å². The zero-order chi connectivity index (χ0) is 36.7. The van der Waals surface area contributed by atoms with Gasteiger partial charge in [0.25, 0.3) is 0 Å². The van der Waals surface area contributed by atoms with Crippen LogP contribution in [0, 0.1) is 0 Å². The number of fused-ring (bicyclic) bond motifs is 10. The van der Waals surface area contributed by atoms with Gasteiger partial charge in [0.2, 0.25) is 5.95 Å². The van der Waals surface area contributed by atoms with Crippen molar-refractivity contribution in [2.45, 2.75) is 0 Å². The Hall–Kier alpha value is -7.56. The molecule has 0 amide bonds. The van der Waals surface area contributed by atoms with Gasteiger partial charge in [-0.15, -0.1) is 0 Å². The molecule has 260 valence electrons. The number of para-hydroxylation sites is 3. The monoisotopic (exact) mass is 712 g/mol. The van der Waals surface area contributed by atoms with Gasteiger partial charge in [-0.05, 0) is 93.3 Å². The van der Waals surface area contributed by atoms with Gasteiger partial charge in [0.15, 0.2) is 0 Å². The topological polar surface area (TPSA) is 35.6 Å². The summed E-state index contributed by atoms with van der Waals surface area (Å²) in [5, 5.41) is 10.7. The lowest BCUT2D eigenvalue weighted by molar-refractivity contribution is 1.01. The molecule has 0 bridgehead atoms. The highest BCUT2D eigenvalue weighted by Crippen LogP contribution is 2.41. The summed E-state index contributed by atoms with van der Waals surface area (Å²) in [7, 11) is 0. The molecule has 4 heteroatoms. The molecule has 0 saturated carbocycles. The van der Waals surface area contributed by atoms with Gasteiger partial charge in [0.1, 0.15) is 0 Å². The first-order valence-corrected chi connectivity index (χ1v) is 19.1. The van der Waals surface area contributed by atoms with E-state index in [9.17, 15) is 0 Å². The Morgan fingerprint density at radius 3 is 1.75 bits per heavy atom. The highest BCUT2D eigenvalue weighted by atomic mass is 15.2. The molecule has 0 fully saturated rings. The van der Waals surface area contributed by atoms with Crippen molar-refractivity contribution in [3.05, 3.63) is 194 Å². The van der Waals surface area contributed by atoms with Crippen LogP contribution in [0.3, 0.4) is 0 Å². The van der Waals surface area contributed by atoms with E-state index in [4.69, 9.17) is 9.97 Å². The fourth-order valence-electron chi connectivity index (χ4n) is 8.91. The molecule has 0 spiro atoms. The van der Waals surface area contributed by atoms with Crippen LogP contribution in [0.25, 0.3) is 110 Å². The predicted molar refractivity (Wildman–Crippen MR) is 234 cm³/mol. The number of benzene rings is 9. The average Bonchev–Trinajstić information content (AvgIpc) is 3.78. The fourth-order valence-corrected chi connectivity index (χ4v) is 8.91. The maximum atomic E-state index is 5.42. The lowest BCUT2D eigenvalue weighted by Gasteiger charge is -2.12. The van der Waals surface area contributed by atoms with Crippen molar-refractivity contribution in [1.29, 1.82) is 0 Å². The summed E-state index contributed by atoms with van der Waals surface area (Å²) in [5.74, 6) is 0.657. The first kappa shape index (κ1) is 30.9. The molecule has 0 radical (unpaired) electrons. The summed E-state index contributed by atoms with van der Waals surface area (Å²) < 4.78 is 4.63. The normalized spacial score (nSPS) is 11.9. The van der Waals surface area contributed by atoms with Crippen LogP contribution in [0.5, 0.6) is 0 Å². The number of rotatable bonds is 4. The van der Waals surface area contributed by atoms with Crippen molar-refractivity contribution < 1.29 is 0 Å². The fraction of sp³-hybridized carbons (Fsp3) is 0. The highest BCUT2D eigenvalue weighted by molar-refractivity contribution is 6.22. The number of hydrogen-bond donors (Lipinski definition) is 0. The third kappa shape index (κ3) is 4.60. The Balaban J connectivity index is 1.11. The van der Waals surface area contributed by atoms with E-state index in [2.05, 4.69) is 203 Å². The quantitative estimate of drug-likeness (QED) is 0.182. The van der Waals surface area contributed by atoms with E-state index in [-0.39, 0.29) is 0 Å². The Kier molecular flexibility index (Phi) is 6.60. The maximum absolute atomic E-state index is 5.42. The number of aromatic nitrogens is 4. The van der Waals surface area contributed by atoms with Crippen molar-refractivity contribution in [3.63, 3.8) is 0 Å². The first-order valence-electron chi connectivity index (χ1n) is 19.1. The van der Waals surface area contributed by atoms with Crippen LogP contribution in [0.2, 0.25) is 0 Å². The summed E-state index contributed by atoms with van der Waals surface area (Å²) in [6, 6.07) is 69.7. The summed E-state index contributed by atoms with van der Waals surface area (Å²) >= 11 is 0. The molecule has 12 aromatic rings. The second kappa shape index (κ2) is 12.0. The molecular formula is C52H32N4. The zero-order valence-corrected chi connectivity index (χ0v) is 30.3. The second-order valence-corrected chi connectivity index (χ2v) is 14.6. The standard InChI is InChI=1S/C52H32N4/c1-2-15-39(16-3-1)55-46-21-11-9-18-41(46)43-31-36(25-27-47(43)55)37-26-28-48-44(32-37)50-40-17-7-6-13-34(40)24-29-49(50)56(48)52-53-45-20-10-8-19-42(45)51(54-52)38-23-22-33-12-4-5-14-35(33)30-38/h1-32H. The van der Waals surface area contributed by atoms with Gasteiger partial charge in [-0.2, -0.15) is 0 Å². The molecule has 0 aliphatic carbocycles. The van der Waals surface area contributed by atoms with Crippen molar-refractivity contribution in [1.82, 2.24) is 19.1 Å². The maximum Gasteiger partial charge on any atom is 0.235 e. The van der Waals surface area contributed by atoms with E-state index >= 15 is 0 Å². The Morgan fingerprint density at radius 2 is 0.911 bits per heavy atom. The minimum absolute atomic E-state index is 0.657. The summed E-state index contributed by atoms with van der Waals surface area (Å²) in [6.07, 6.45) is 0. The Bertz CT molecular complexity index is 3540. The van der Waals surface area contributed by atoms with Gasteiger partial charge in [-0.3, -0.25) is 4.57 Å². The largest absolute Gasteiger partial charge is 0.309 e. The smallest absolute Gasteiger partial charge is 0.235 e. The Labute approximate surface area is 322 Å². The zero-order valence-electron chi connectivity index (χ0n) is 30.3. The molecule has 0 aliphatic rings. The molecule has 56 heavy (non-hydrogen) atoms.